The Morgan fingerprint density at radius 3 is 2.38 bits per heavy atom. The van der Waals surface area contributed by atoms with Crippen molar-refractivity contribution in [1.82, 2.24) is 4.72 Å². The van der Waals surface area contributed by atoms with Crippen LogP contribution in [0.5, 0.6) is 0 Å². The van der Waals surface area contributed by atoms with Gasteiger partial charge in [0, 0.05) is 12.6 Å². The molecule has 0 radical (unpaired) electrons. The van der Waals surface area contributed by atoms with Gasteiger partial charge in [-0.15, -0.1) is 0 Å². The predicted molar refractivity (Wildman–Crippen MR) is 77.5 cm³/mol. The van der Waals surface area contributed by atoms with Gasteiger partial charge in [-0.25, -0.2) is 17.9 Å². The number of aromatic carboxylic acids is 1. The number of carboxylic acid groups (broad SMARTS) is 1. The van der Waals surface area contributed by atoms with Gasteiger partial charge in [-0.05, 0) is 59.4 Å². The summed E-state index contributed by atoms with van der Waals surface area (Å²) in [4.78, 5) is 10.7. The van der Waals surface area contributed by atoms with Crippen molar-refractivity contribution >= 4 is 31.9 Å². The molecule has 21 heavy (non-hydrogen) atoms. The number of nitrogens with one attached hydrogen (secondary N) is 1. The van der Waals surface area contributed by atoms with Crippen LogP contribution in [-0.4, -0.2) is 26.0 Å². The van der Waals surface area contributed by atoms with E-state index in [0.717, 1.165) is 6.07 Å². The summed E-state index contributed by atoms with van der Waals surface area (Å²) in [6.07, 6.45) is 4.73. The molecule has 0 aromatic carbocycles. The average molecular weight is 378 g/mol. The van der Waals surface area contributed by atoms with E-state index < -0.39 is 21.8 Å². The van der Waals surface area contributed by atoms with Gasteiger partial charge in [0.1, 0.15) is 4.90 Å². The maximum atomic E-state index is 12.3. The van der Waals surface area contributed by atoms with E-state index in [9.17, 15) is 13.2 Å². The van der Waals surface area contributed by atoms with Crippen molar-refractivity contribution in [3.05, 3.63) is 16.5 Å². The van der Waals surface area contributed by atoms with E-state index in [1.807, 2.05) is 0 Å². The summed E-state index contributed by atoms with van der Waals surface area (Å²) in [5.74, 6) is -0.0105. The van der Waals surface area contributed by atoms with Gasteiger partial charge in [-0.1, -0.05) is 0 Å². The molecule has 0 aliphatic heterocycles. The second-order valence-electron chi connectivity index (χ2n) is 5.74. The Hall–Kier alpha value is -0.860. The molecule has 6 nitrogen and oxygen atoms in total. The van der Waals surface area contributed by atoms with Crippen molar-refractivity contribution in [3.63, 3.8) is 0 Å². The third-order valence-corrected chi connectivity index (χ3v) is 6.40. The smallest absolute Gasteiger partial charge is 0.371 e. The summed E-state index contributed by atoms with van der Waals surface area (Å²) < 4.78 is 32.0. The highest BCUT2D eigenvalue weighted by Gasteiger charge is 2.41. The first-order valence-electron chi connectivity index (χ1n) is 6.91. The Morgan fingerprint density at radius 2 is 1.95 bits per heavy atom. The minimum atomic E-state index is -3.76. The normalized spacial score (nSPS) is 19.1. The lowest BCUT2D eigenvalue weighted by molar-refractivity contribution is 0.0661. The first-order valence-corrected chi connectivity index (χ1v) is 9.18. The van der Waals surface area contributed by atoms with E-state index >= 15 is 0 Å². The number of halogens is 1. The number of rotatable bonds is 7. The highest BCUT2D eigenvalue weighted by molar-refractivity contribution is 9.10. The van der Waals surface area contributed by atoms with Crippen LogP contribution < -0.4 is 4.72 Å². The SMILES string of the molecule is O=C(O)c1cc(S(=O)(=O)NCC(C2CC2)C2CC2)c(Br)o1. The van der Waals surface area contributed by atoms with Crippen LogP contribution >= 0.6 is 15.9 Å². The van der Waals surface area contributed by atoms with Crippen molar-refractivity contribution in [1.29, 1.82) is 0 Å². The predicted octanol–water partition coefficient (Wildman–Crippen LogP) is 2.45. The van der Waals surface area contributed by atoms with Crippen molar-refractivity contribution < 1.29 is 22.7 Å². The lowest BCUT2D eigenvalue weighted by Crippen LogP contribution is -2.31. The van der Waals surface area contributed by atoms with Crippen LogP contribution in [0.1, 0.15) is 36.2 Å². The van der Waals surface area contributed by atoms with Gasteiger partial charge in [0.15, 0.2) is 4.67 Å². The fourth-order valence-electron chi connectivity index (χ4n) is 2.69. The van der Waals surface area contributed by atoms with Crippen molar-refractivity contribution in [3.8, 4) is 0 Å². The van der Waals surface area contributed by atoms with Gasteiger partial charge in [0.25, 0.3) is 0 Å². The molecule has 8 heteroatoms. The fourth-order valence-corrected chi connectivity index (χ4v) is 4.70. The molecule has 2 aliphatic rings. The number of hydrogen-bond donors (Lipinski definition) is 2. The van der Waals surface area contributed by atoms with Crippen molar-refractivity contribution in [2.45, 2.75) is 30.6 Å². The molecule has 0 spiro atoms. The molecule has 1 aromatic rings. The summed E-state index contributed by atoms with van der Waals surface area (Å²) in [7, 11) is -3.76. The van der Waals surface area contributed by atoms with Crippen molar-refractivity contribution in [2.75, 3.05) is 6.54 Å². The molecule has 0 saturated heterocycles. The van der Waals surface area contributed by atoms with Crippen molar-refractivity contribution in [2.24, 2.45) is 17.8 Å². The van der Waals surface area contributed by atoms with Gasteiger partial charge in [-0.3, -0.25) is 0 Å². The average Bonchev–Trinajstić information content (AvgIpc) is 3.29. The largest absolute Gasteiger partial charge is 0.475 e. The maximum absolute atomic E-state index is 12.3. The fraction of sp³-hybridized carbons (Fsp3) is 0.615. The highest BCUT2D eigenvalue weighted by atomic mass is 79.9. The molecule has 2 N–H and O–H groups in total. The zero-order valence-corrected chi connectivity index (χ0v) is 13.6. The molecule has 1 heterocycles. The van der Waals surface area contributed by atoms with Gasteiger partial charge in [-0.2, -0.15) is 0 Å². The second kappa shape index (κ2) is 5.40. The summed E-state index contributed by atoms with van der Waals surface area (Å²) in [5, 5.41) is 8.84. The van der Waals surface area contributed by atoms with Gasteiger partial charge < -0.3 is 9.52 Å². The molecular weight excluding hydrogens is 362 g/mol. The summed E-state index contributed by atoms with van der Waals surface area (Å²) in [5.41, 5.74) is 0. The first-order chi connectivity index (χ1) is 9.88. The van der Waals surface area contributed by atoms with E-state index in [0.29, 0.717) is 24.3 Å². The van der Waals surface area contributed by atoms with Crippen LogP contribution in [-0.2, 0) is 10.0 Å². The first kappa shape index (κ1) is 15.1. The topological polar surface area (TPSA) is 96.6 Å². The number of sulfonamides is 1. The van der Waals surface area contributed by atoms with Gasteiger partial charge >= 0.3 is 5.97 Å². The minimum Gasteiger partial charge on any atom is -0.475 e. The van der Waals surface area contributed by atoms with Gasteiger partial charge in [0.2, 0.25) is 15.8 Å². The highest BCUT2D eigenvalue weighted by Crippen LogP contribution is 2.49. The molecule has 0 atom stereocenters. The molecule has 0 unspecified atom stereocenters. The standard InChI is InChI=1S/C13H16BrNO5S/c14-12-11(5-10(20-12)13(16)17)21(18,19)15-6-9(7-1-2-7)8-3-4-8/h5,7-9,15H,1-4,6H2,(H,16,17). The minimum absolute atomic E-state index is 0.0817. The zero-order chi connectivity index (χ0) is 15.2. The molecule has 116 valence electrons. The van der Waals surface area contributed by atoms with Crippen LogP contribution in [0, 0.1) is 17.8 Å². The van der Waals surface area contributed by atoms with Crippen LogP contribution in [0.25, 0.3) is 0 Å². The molecular formula is C13H16BrNO5S. The lowest BCUT2D eigenvalue weighted by atomic mass is 9.99. The van der Waals surface area contributed by atoms with E-state index in [1.54, 1.807) is 0 Å². The molecule has 2 fully saturated rings. The quantitative estimate of drug-likeness (QED) is 0.760. The summed E-state index contributed by atoms with van der Waals surface area (Å²) in [6, 6.07) is 1.03. The lowest BCUT2D eigenvalue weighted by Gasteiger charge is -2.15. The van der Waals surface area contributed by atoms with Crippen LogP contribution in [0.2, 0.25) is 0 Å². The van der Waals surface area contributed by atoms with Crippen LogP contribution in [0.4, 0.5) is 0 Å². The van der Waals surface area contributed by atoms with Crippen LogP contribution in [0.3, 0.4) is 0 Å². The van der Waals surface area contributed by atoms with E-state index in [4.69, 9.17) is 9.52 Å². The molecule has 2 aliphatic carbocycles. The van der Waals surface area contributed by atoms with Crippen LogP contribution in [0.15, 0.2) is 20.0 Å². The monoisotopic (exact) mass is 377 g/mol. The number of carboxylic acids is 1. The maximum Gasteiger partial charge on any atom is 0.371 e. The van der Waals surface area contributed by atoms with Gasteiger partial charge in [0.05, 0.1) is 0 Å². The van der Waals surface area contributed by atoms with E-state index in [1.165, 1.54) is 25.7 Å². The third kappa shape index (κ3) is 3.32. The zero-order valence-electron chi connectivity index (χ0n) is 11.2. The Bertz CT molecular complexity index is 648. The Balaban J connectivity index is 1.72. The molecule has 0 amide bonds. The Kier molecular flexibility index (Phi) is 3.87. The molecule has 2 saturated carbocycles. The van der Waals surface area contributed by atoms with E-state index in [-0.39, 0.29) is 9.56 Å². The number of carbonyl (C=O) groups is 1. The molecule has 0 bridgehead atoms. The number of hydrogen-bond acceptors (Lipinski definition) is 4. The Labute approximate surface area is 131 Å². The molecule has 1 aromatic heterocycles. The summed E-state index contributed by atoms with van der Waals surface area (Å²) in [6.45, 7) is 0.414. The molecule has 3 rings (SSSR count). The Morgan fingerprint density at radius 1 is 1.38 bits per heavy atom. The van der Waals surface area contributed by atoms with E-state index in [2.05, 4.69) is 20.7 Å². The third-order valence-electron chi connectivity index (χ3n) is 4.12. The number of furan rings is 1. The summed E-state index contributed by atoms with van der Waals surface area (Å²) >= 11 is 2.96. The second-order valence-corrected chi connectivity index (χ2v) is 8.20.